The number of amides is 1. The molecule has 0 aliphatic carbocycles. The number of rotatable bonds is 3. The third kappa shape index (κ3) is 3.00. The van der Waals surface area contributed by atoms with E-state index in [-0.39, 0.29) is 11.3 Å². The summed E-state index contributed by atoms with van der Waals surface area (Å²) in [5.74, 6) is 2.46. The number of ether oxygens (including phenoxy) is 1. The molecule has 1 spiro atoms. The van der Waals surface area contributed by atoms with E-state index >= 15 is 0 Å². The Morgan fingerprint density at radius 2 is 2.00 bits per heavy atom. The van der Waals surface area contributed by atoms with Crippen molar-refractivity contribution in [1.29, 1.82) is 0 Å². The van der Waals surface area contributed by atoms with Crippen LogP contribution >= 0.6 is 0 Å². The van der Waals surface area contributed by atoms with E-state index in [1.807, 2.05) is 13.0 Å². The van der Waals surface area contributed by atoms with Crippen LogP contribution in [0.25, 0.3) is 0 Å². The molecule has 3 saturated heterocycles. The van der Waals surface area contributed by atoms with E-state index in [2.05, 4.69) is 15.9 Å². The van der Waals surface area contributed by atoms with Gasteiger partial charge in [-0.3, -0.25) is 9.69 Å². The molecule has 1 aromatic rings. The van der Waals surface area contributed by atoms with Crippen molar-refractivity contribution in [3.8, 4) is 0 Å². The van der Waals surface area contributed by atoms with Gasteiger partial charge in [-0.05, 0) is 44.7 Å². The maximum atomic E-state index is 13.2. The maximum Gasteiger partial charge on any atom is 0.227 e. The Kier molecular flexibility index (Phi) is 4.39. The quantitative estimate of drug-likeness (QED) is 0.853. The molecule has 3 fully saturated rings. The van der Waals surface area contributed by atoms with E-state index in [4.69, 9.17) is 9.15 Å². The van der Waals surface area contributed by atoms with Crippen molar-refractivity contribution >= 4 is 5.91 Å². The smallest absolute Gasteiger partial charge is 0.227 e. The summed E-state index contributed by atoms with van der Waals surface area (Å²) in [6, 6.07) is 4.07. The van der Waals surface area contributed by atoms with E-state index in [1.165, 1.54) is 0 Å². The predicted octanol–water partition coefficient (Wildman–Crippen LogP) is 2.44. The van der Waals surface area contributed by atoms with Gasteiger partial charge in [0.25, 0.3) is 0 Å². The number of furan rings is 1. The van der Waals surface area contributed by atoms with E-state index in [0.717, 1.165) is 83.1 Å². The number of carbonyl (C=O) groups is 1. The minimum Gasteiger partial charge on any atom is -0.465 e. The number of nitrogens with zero attached hydrogens (tertiary/aromatic N) is 2. The van der Waals surface area contributed by atoms with Crippen molar-refractivity contribution < 1.29 is 13.9 Å². The average molecular weight is 332 g/mol. The van der Waals surface area contributed by atoms with Gasteiger partial charge in [-0.2, -0.15) is 0 Å². The Bertz CT molecular complexity index is 585. The van der Waals surface area contributed by atoms with E-state index in [1.54, 1.807) is 0 Å². The molecular weight excluding hydrogens is 304 g/mol. The lowest BCUT2D eigenvalue weighted by Gasteiger charge is -2.38. The molecule has 1 aromatic heterocycles. The summed E-state index contributed by atoms with van der Waals surface area (Å²) >= 11 is 0. The van der Waals surface area contributed by atoms with Crippen molar-refractivity contribution in [3.63, 3.8) is 0 Å². The Morgan fingerprint density at radius 1 is 1.25 bits per heavy atom. The van der Waals surface area contributed by atoms with Gasteiger partial charge in [0.1, 0.15) is 11.5 Å². The molecule has 0 aromatic carbocycles. The molecule has 1 amide bonds. The molecule has 0 saturated carbocycles. The molecule has 5 nitrogen and oxygen atoms in total. The number of likely N-dealkylation sites (tertiary alicyclic amines) is 2. The van der Waals surface area contributed by atoms with Crippen LogP contribution in [0.15, 0.2) is 16.5 Å². The first-order valence-electron chi connectivity index (χ1n) is 9.30. The van der Waals surface area contributed by atoms with E-state index in [9.17, 15) is 4.79 Å². The van der Waals surface area contributed by atoms with Crippen LogP contribution in [0.5, 0.6) is 0 Å². The first-order valence-corrected chi connectivity index (χ1v) is 9.30. The van der Waals surface area contributed by atoms with Crippen LogP contribution in [0.1, 0.15) is 37.2 Å². The van der Waals surface area contributed by atoms with Gasteiger partial charge >= 0.3 is 0 Å². The molecule has 0 radical (unpaired) electrons. The van der Waals surface area contributed by atoms with Crippen LogP contribution in [-0.2, 0) is 16.1 Å². The Morgan fingerprint density at radius 3 is 2.67 bits per heavy atom. The fraction of sp³-hybridized carbons (Fsp3) is 0.737. The van der Waals surface area contributed by atoms with Crippen LogP contribution < -0.4 is 0 Å². The van der Waals surface area contributed by atoms with Gasteiger partial charge in [-0.15, -0.1) is 0 Å². The lowest BCUT2D eigenvalue weighted by Crippen LogP contribution is -2.45. The molecular formula is C19H28N2O3. The number of hydrogen-bond donors (Lipinski definition) is 0. The summed E-state index contributed by atoms with van der Waals surface area (Å²) in [7, 11) is 0. The Balaban J connectivity index is 1.52. The number of carbonyl (C=O) groups excluding carboxylic acids is 1. The van der Waals surface area contributed by atoms with Gasteiger partial charge < -0.3 is 14.1 Å². The second-order valence-corrected chi connectivity index (χ2v) is 7.74. The van der Waals surface area contributed by atoms with Gasteiger partial charge in [0.15, 0.2) is 0 Å². The maximum absolute atomic E-state index is 13.2. The molecule has 0 bridgehead atoms. The number of aryl methyl sites for hydroxylation is 1. The molecule has 1 unspecified atom stereocenters. The highest BCUT2D eigenvalue weighted by molar-refractivity contribution is 5.80. The van der Waals surface area contributed by atoms with Gasteiger partial charge in [-0.1, -0.05) is 0 Å². The lowest BCUT2D eigenvalue weighted by molar-refractivity contribution is -0.139. The minimum atomic E-state index is 0.0968. The van der Waals surface area contributed by atoms with Crippen LogP contribution in [0, 0.1) is 18.3 Å². The normalized spacial score (nSPS) is 27.2. The summed E-state index contributed by atoms with van der Waals surface area (Å²) in [6.07, 6.45) is 4.32. The average Bonchev–Trinajstić information content (AvgIpc) is 3.30. The first-order chi connectivity index (χ1) is 11.7. The zero-order valence-corrected chi connectivity index (χ0v) is 14.6. The molecule has 132 valence electrons. The molecule has 0 N–H and O–H groups in total. The van der Waals surface area contributed by atoms with Gasteiger partial charge in [-0.25, -0.2) is 0 Å². The zero-order valence-electron chi connectivity index (χ0n) is 14.6. The van der Waals surface area contributed by atoms with Crippen molar-refractivity contribution in [2.75, 3.05) is 39.4 Å². The van der Waals surface area contributed by atoms with E-state index < -0.39 is 0 Å². The lowest BCUT2D eigenvalue weighted by atomic mass is 9.71. The minimum absolute atomic E-state index is 0.0968. The van der Waals surface area contributed by atoms with Crippen molar-refractivity contribution in [2.24, 2.45) is 11.3 Å². The van der Waals surface area contributed by atoms with Gasteiger partial charge in [0.05, 0.1) is 12.5 Å². The van der Waals surface area contributed by atoms with E-state index in [0.29, 0.717) is 5.91 Å². The summed E-state index contributed by atoms with van der Waals surface area (Å²) in [4.78, 5) is 17.7. The fourth-order valence-electron chi connectivity index (χ4n) is 4.77. The third-order valence-electron chi connectivity index (χ3n) is 6.10. The summed E-state index contributed by atoms with van der Waals surface area (Å²) < 4.78 is 11.4. The van der Waals surface area contributed by atoms with Gasteiger partial charge in [0, 0.05) is 44.8 Å². The Labute approximate surface area is 143 Å². The van der Waals surface area contributed by atoms with Crippen LogP contribution in [0.3, 0.4) is 0 Å². The molecule has 1 atom stereocenters. The summed E-state index contributed by atoms with van der Waals surface area (Å²) in [6.45, 7) is 8.09. The zero-order chi connectivity index (χ0) is 16.6. The molecule has 24 heavy (non-hydrogen) atoms. The van der Waals surface area contributed by atoms with Crippen molar-refractivity contribution in [2.45, 2.75) is 39.2 Å². The fourth-order valence-corrected chi connectivity index (χ4v) is 4.77. The van der Waals surface area contributed by atoms with Crippen molar-refractivity contribution in [1.82, 2.24) is 9.80 Å². The third-order valence-corrected chi connectivity index (χ3v) is 6.10. The highest BCUT2D eigenvalue weighted by Crippen LogP contribution is 2.45. The summed E-state index contributed by atoms with van der Waals surface area (Å²) in [5.41, 5.74) is 0.0968. The van der Waals surface area contributed by atoms with Crippen LogP contribution in [0.2, 0.25) is 0 Å². The monoisotopic (exact) mass is 332 g/mol. The predicted molar refractivity (Wildman–Crippen MR) is 90.5 cm³/mol. The highest BCUT2D eigenvalue weighted by atomic mass is 16.5. The first kappa shape index (κ1) is 16.2. The molecule has 4 heterocycles. The standard InChI is InChI=1S/C19H28N2O3/c1-15-4-5-16(24-15)12-20-13-17(18(22)21-8-2-3-9-21)19(14-20)6-10-23-11-7-19/h4-5,17H,2-3,6-14H2,1H3. The van der Waals surface area contributed by atoms with Crippen LogP contribution in [-0.4, -0.2) is 55.1 Å². The molecule has 3 aliphatic heterocycles. The Hall–Kier alpha value is -1.33. The second-order valence-electron chi connectivity index (χ2n) is 7.74. The number of hydrogen-bond acceptors (Lipinski definition) is 4. The molecule has 5 heteroatoms. The second kappa shape index (κ2) is 6.52. The van der Waals surface area contributed by atoms with Crippen molar-refractivity contribution in [3.05, 3.63) is 23.7 Å². The highest BCUT2D eigenvalue weighted by Gasteiger charge is 2.51. The largest absolute Gasteiger partial charge is 0.465 e. The topological polar surface area (TPSA) is 45.9 Å². The van der Waals surface area contributed by atoms with Crippen LogP contribution in [0.4, 0.5) is 0 Å². The molecule has 4 rings (SSSR count). The summed E-state index contributed by atoms with van der Waals surface area (Å²) in [5, 5.41) is 0. The van der Waals surface area contributed by atoms with Gasteiger partial charge in [0.2, 0.25) is 5.91 Å². The SMILES string of the molecule is Cc1ccc(CN2CC(C(=O)N3CCCC3)C3(CCOCC3)C2)o1. The molecule has 3 aliphatic rings.